The van der Waals surface area contributed by atoms with Gasteiger partial charge in [0.1, 0.15) is 11.3 Å². The number of phenolic OH excluding ortho intramolecular Hbond substituents is 1. The summed E-state index contributed by atoms with van der Waals surface area (Å²) in [5, 5.41) is 10.7. The highest BCUT2D eigenvalue weighted by Gasteiger charge is 2.14. The minimum absolute atomic E-state index is 0.112. The average molecular weight is 233 g/mol. The number of phenols is 1. The first-order valence-corrected chi connectivity index (χ1v) is 5.59. The standard InChI is InChI=1S/C13H15NO3/c1-3-7(2)9-4-8-5-12(13(14)16)17-11(8)6-10(9)15/h4-7,15H,3H2,1-2H3,(H2,14,16). The first kappa shape index (κ1) is 11.5. The van der Waals surface area contributed by atoms with E-state index in [1.165, 1.54) is 6.07 Å². The third-order valence-electron chi connectivity index (χ3n) is 3.05. The fraction of sp³-hybridized carbons (Fsp3) is 0.308. The van der Waals surface area contributed by atoms with Crippen LogP contribution in [0.5, 0.6) is 5.75 Å². The van der Waals surface area contributed by atoms with E-state index < -0.39 is 5.91 Å². The molecule has 1 aromatic carbocycles. The van der Waals surface area contributed by atoms with Gasteiger partial charge >= 0.3 is 0 Å². The SMILES string of the molecule is CCC(C)c1cc2cc(C(N)=O)oc2cc1O. The molecule has 0 aliphatic rings. The predicted octanol–water partition coefficient (Wildman–Crippen LogP) is 2.75. The van der Waals surface area contributed by atoms with Crippen molar-refractivity contribution in [2.45, 2.75) is 26.2 Å². The number of hydrogen-bond acceptors (Lipinski definition) is 3. The van der Waals surface area contributed by atoms with Gasteiger partial charge in [0.2, 0.25) is 0 Å². The lowest BCUT2D eigenvalue weighted by Gasteiger charge is -2.10. The number of amides is 1. The molecule has 4 heteroatoms. The first-order valence-electron chi connectivity index (χ1n) is 5.59. The molecule has 0 radical (unpaired) electrons. The molecule has 90 valence electrons. The monoisotopic (exact) mass is 233 g/mol. The van der Waals surface area contributed by atoms with E-state index in [9.17, 15) is 9.90 Å². The maximum atomic E-state index is 11.0. The Morgan fingerprint density at radius 1 is 1.47 bits per heavy atom. The summed E-state index contributed by atoms with van der Waals surface area (Å²) in [4.78, 5) is 11.0. The Bertz CT molecular complexity index is 571. The second-order valence-corrected chi connectivity index (χ2v) is 4.23. The molecule has 2 aromatic rings. The zero-order valence-corrected chi connectivity index (χ0v) is 9.86. The molecule has 4 nitrogen and oxygen atoms in total. The van der Waals surface area contributed by atoms with Crippen molar-refractivity contribution in [3.8, 4) is 5.75 Å². The second-order valence-electron chi connectivity index (χ2n) is 4.23. The first-order chi connectivity index (χ1) is 8.02. The molecule has 3 N–H and O–H groups in total. The molecule has 1 amide bonds. The number of fused-ring (bicyclic) bond motifs is 1. The fourth-order valence-corrected chi connectivity index (χ4v) is 1.83. The van der Waals surface area contributed by atoms with E-state index in [0.29, 0.717) is 5.58 Å². The Hall–Kier alpha value is -1.97. The van der Waals surface area contributed by atoms with Crippen LogP contribution in [0.25, 0.3) is 11.0 Å². The van der Waals surface area contributed by atoms with Crippen molar-refractivity contribution in [1.29, 1.82) is 0 Å². The summed E-state index contributed by atoms with van der Waals surface area (Å²) in [5.41, 5.74) is 6.48. The van der Waals surface area contributed by atoms with Gasteiger partial charge in [-0.2, -0.15) is 0 Å². The van der Waals surface area contributed by atoms with Gasteiger partial charge in [-0.25, -0.2) is 0 Å². The number of rotatable bonds is 3. The van der Waals surface area contributed by atoms with Crippen LogP contribution in [-0.4, -0.2) is 11.0 Å². The van der Waals surface area contributed by atoms with E-state index in [-0.39, 0.29) is 17.4 Å². The number of hydrogen-bond donors (Lipinski definition) is 2. The molecular formula is C13H15NO3. The number of carbonyl (C=O) groups is 1. The van der Waals surface area contributed by atoms with Crippen LogP contribution in [-0.2, 0) is 0 Å². The van der Waals surface area contributed by atoms with Gasteiger partial charge in [0.05, 0.1) is 0 Å². The second kappa shape index (κ2) is 4.13. The molecule has 0 bridgehead atoms. The summed E-state index contributed by atoms with van der Waals surface area (Å²) in [6, 6.07) is 4.97. The highest BCUT2D eigenvalue weighted by Crippen LogP contribution is 2.33. The summed E-state index contributed by atoms with van der Waals surface area (Å²) in [5.74, 6) is -0.0463. The van der Waals surface area contributed by atoms with Crippen LogP contribution in [0.2, 0.25) is 0 Å². The van der Waals surface area contributed by atoms with Crippen molar-refractivity contribution in [2.24, 2.45) is 5.73 Å². The average Bonchev–Trinajstić information content (AvgIpc) is 2.69. The summed E-state index contributed by atoms with van der Waals surface area (Å²) in [6.45, 7) is 4.09. The van der Waals surface area contributed by atoms with Crippen LogP contribution in [0, 0.1) is 0 Å². The number of benzene rings is 1. The van der Waals surface area contributed by atoms with Crippen LogP contribution in [0.4, 0.5) is 0 Å². The Labute approximate surface area is 99.0 Å². The molecule has 0 saturated carbocycles. The van der Waals surface area contributed by atoms with E-state index in [4.69, 9.17) is 10.2 Å². The zero-order valence-electron chi connectivity index (χ0n) is 9.86. The molecule has 0 fully saturated rings. The molecule has 1 unspecified atom stereocenters. The minimum Gasteiger partial charge on any atom is -0.508 e. The minimum atomic E-state index is -0.606. The van der Waals surface area contributed by atoms with E-state index in [1.54, 1.807) is 6.07 Å². The van der Waals surface area contributed by atoms with Crippen LogP contribution < -0.4 is 5.73 Å². The lowest BCUT2D eigenvalue weighted by Crippen LogP contribution is -2.08. The molecular weight excluding hydrogens is 218 g/mol. The van der Waals surface area contributed by atoms with Crippen molar-refractivity contribution in [3.63, 3.8) is 0 Å². The van der Waals surface area contributed by atoms with E-state index in [0.717, 1.165) is 17.4 Å². The van der Waals surface area contributed by atoms with Gasteiger partial charge in [-0.05, 0) is 30.0 Å². The van der Waals surface area contributed by atoms with Crippen molar-refractivity contribution in [2.75, 3.05) is 0 Å². The molecule has 0 spiro atoms. The Morgan fingerprint density at radius 2 is 2.18 bits per heavy atom. The van der Waals surface area contributed by atoms with Crippen LogP contribution in [0.3, 0.4) is 0 Å². The number of carbonyl (C=O) groups excluding carboxylic acids is 1. The van der Waals surface area contributed by atoms with Gasteiger partial charge < -0.3 is 15.3 Å². The topological polar surface area (TPSA) is 76.5 Å². The largest absolute Gasteiger partial charge is 0.508 e. The summed E-state index contributed by atoms with van der Waals surface area (Å²) >= 11 is 0. The third-order valence-corrected chi connectivity index (χ3v) is 3.05. The molecule has 17 heavy (non-hydrogen) atoms. The van der Waals surface area contributed by atoms with Gasteiger partial charge in [-0.3, -0.25) is 4.79 Å². The van der Waals surface area contributed by atoms with Gasteiger partial charge in [0, 0.05) is 11.5 Å². The highest BCUT2D eigenvalue weighted by molar-refractivity contribution is 5.95. The predicted molar refractivity (Wildman–Crippen MR) is 65.1 cm³/mol. The zero-order chi connectivity index (χ0) is 12.6. The number of furan rings is 1. The van der Waals surface area contributed by atoms with Gasteiger partial charge in [-0.15, -0.1) is 0 Å². The van der Waals surface area contributed by atoms with Crippen molar-refractivity contribution < 1.29 is 14.3 Å². The van der Waals surface area contributed by atoms with Crippen LogP contribution >= 0.6 is 0 Å². The smallest absolute Gasteiger partial charge is 0.284 e. The van der Waals surface area contributed by atoms with Crippen molar-refractivity contribution in [1.82, 2.24) is 0 Å². The van der Waals surface area contributed by atoms with Gasteiger partial charge in [-0.1, -0.05) is 13.8 Å². The maximum absolute atomic E-state index is 11.0. The maximum Gasteiger partial charge on any atom is 0.284 e. The number of primary amides is 1. The quantitative estimate of drug-likeness (QED) is 0.855. The van der Waals surface area contributed by atoms with E-state index in [1.807, 2.05) is 13.0 Å². The van der Waals surface area contributed by atoms with E-state index in [2.05, 4.69) is 6.92 Å². The normalized spacial score (nSPS) is 12.8. The molecule has 1 aromatic heterocycles. The fourth-order valence-electron chi connectivity index (χ4n) is 1.83. The summed E-state index contributed by atoms with van der Waals surface area (Å²) < 4.78 is 5.24. The summed E-state index contributed by atoms with van der Waals surface area (Å²) in [7, 11) is 0. The highest BCUT2D eigenvalue weighted by atomic mass is 16.3. The molecule has 0 aliphatic heterocycles. The van der Waals surface area contributed by atoms with Crippen LogP contribution in [0.15, 0.2) is 22.6 Å². The Kier molecular flexibility index (Phi) is 2.79. The van der Waals surface area contributed by atoms with E-state index >= 15 is 0 Å². The molecule has 1 atom stereocenters. The van der Waals surface area contributed by atoms with Gasteiger partial charge in [0.25, 0.3) is 5.91 Å². The van der Waals surface area contributed by atoms with Crippen molar-refractivity contribution >= 4 is 16.9 Å². The lowest BCUT2D eigenvalue weighted by atomic mass is 9.96. The number of nitrogens with two attached hydrogens (primary N) is 1. The lowest BCUT2D eigenvalue weighted by molar-refractivity contribution is 0.0976. The van der Waals surface area contributed by atoms with Gasteiger partial charge in [0.15, 0.2) is 5.76 Å². The Balaban J connectivity index is 2.59. The molecule has 0 saturated heterocycles. The number of aromatic hydroxyl groups is 1. The summed E-state index contributed by atoms with van der Waals surface area (Å²) in [6.07, 6.45) is 0.930. The molecule has 2 rings (SSSR count). The van der Waals surface area contributed by atoms with Crippen molar-refractivity contribution in [3.05, 3.63) is 29.5 Å². The van der Waals surface area contributed by atoms with Crippen LogP contribution in [0.1, 0.15) is 42.3 Å². The molecule has 0 aliphatic carbocycles. The Morgan fingerprint density at radius 3 is 2.76 bits per heavy atom. The third kappa shape index (κ3) is 1.98. The molecule has 1 heterocycles.